The molecule has 0 bridgehead atoms. The number of hydrogen-bond acceptors (Lipinski definition) is 6. The first-order valence-corrected chi connectivity index (χ1v) is 19.7. The predicted octanol–water partition coefficient (Wildman–Crippen LogP) is 4.59. The lowest BCUT2D eigenvalue weighted by Gasteiger charge is -2.36. The van der Waals surface area contributed by atoms with E-state index in [-0.39, 0.29) is 76.1 Å². The summed E-state index contributed by atoms with van der Waals surface area (Å²) in [6, 6.07) is -1.61. The summed E-state index contributed by atoms with van der Waals surface area (Å²) in [6.07, 6.45) is 8.10. The summed E-state index contributed by atoms with van der Waals surface area (Å²) in [5.74, 6) is -1.35. The highest BCUT2D eigenvalue weighted by molar-refractivity contribution is 7.89. The molecule has 5 fully saturated rings. The fraction of sp³-hybridized carbons (Fsp3) is 0.838. The van der Waals surface area contributed by atoms with E-state index in [9.17, 15) is 27.6 Å². The molecule has 48 heavy (non-hydrogen) atoms. The van der Waals surface area contributed by atoms with Gasteiger partial charge in [0, 0.05) is 43.8 Å². The van der Waals surface area contributed by atoms with E-state index in [1.165, 1.54) is 4.31 Å². The van der Waals surface area contributed by atoms with Crippen molar-refractivity contribution in [2.24, 2.45) is 33.0 Å². The van der Waals surface area contributed by atoms with Gasteiger partial charge in [-0.25, -0.2) is 12.7 Å². The van der Waals surface area contributed by atoms with Gasteiger partial charge in [-0.1, -0.05) is 67.9 Å². The van der Waals surface area contributed by atoms with E-state index >= 15 is 0 Å². The average Bonchev–Trinajstić information content (AvgIpc) is 3.42. The first-order valence-electron chi connectivity index (χ1n) is 18.1. The van der Waals surface area contributed by atoms with Gasteiger partial charge in [-0.15, -0.1) is 6.58 Å². The second kappa shape index (κ2) is 12.2. The molecule has 0 aromatic heterocycles. The summed E-state index contributed by atoms with van der Waals surface area (Å²) in [4.78, 5) is 57.7. The van der Waals surface area contributed by atoms with Gasteiger partial charge in [0.2, 0.25) is 27.7 Å². The molecule has 5 aliphatic rings. The van der Waals surface area contributed by atoms with Crippen LogP contribution in [-0.4, -0.2) is 84.1 Å². The molecule has 2 heterocycles. The van der Waals surface area contributed by atoms with Gasteiger partial charge in [0.25, 0.3) is 0 Å². The number of fused-ring (bicyclic) bond motifs is 1. The molecule has 3 saturated carbocycles. The summed E-state index contributed by atoms with van der Waals surface area (Å²) in [6.45, 7) is 21.7. The number of hydrogen-bond donors (Lipinski definition) is 2. The van der Waals surface area contributed by atoms with Gasteiger partial charge in [-0.05, 0) is 66.6 Å². The number of carbonyl (C=O) groups is 4. The maximum Gasteiger partial charge on any atom is 0.246 e. The van der Waals surface area contributed by atoms with Crippen LogP contribution >= 0.6 is 0 Å². The van der Waals surface area contributed by atoms with Crippen molar-refractivity contribution in [2.75, 3.05) is 25.4 Å². The molecule has 3 aliphatic carbocycles. The molecule has 2 saturated heterocycles. The number of Topliss-reactive ketones (excluding diaryl/α,β-unsaturated/α-hetero) is 1. The molecular weight excluding hydrogens is 628 g/mol. The van der Waals surface area contributed by atoms with Crippen LogP contribution in [0.25, 0.3) is 0 Å². The molecule has 0 aromatic rings. The van der Waals surface area contributed by atoms with E-state index in [4.69, 9.17) is 0 Å². The van der Waals surface area contributed by atoms with Gasteiger partial charge in [0.05, 0.1) is 5.75 Å². The molecular formula is C37H60N4O6S. The van der Waals surface area contributed by atoms with Crippen LogP contribution in [0.2, 0.25) is 0 Å². The van der Waals surface area contributed by atoms with Gasteiger partial charge < -0.3 is 15.5 Å². The number of carbonyl (C=O) groups excluding carboxylic acids is 4. The van der Waals surface area contributed by atoms with E-state index < -0.39 is 33.1 Å². The van der Waals surface area contributed by atoms with Crippen LogP contribution in [0.4, 0.5) is 0 Å². The highest BCUT2D eigenvalue weighted by Crippen LogP contribution is 2.88. The maximum atomic E-state index is 14.6. The second-order valence-corrected chi connectivity index (χ2v) is 20.5. The standard InChI is InChI=1S/C37H60N4O6S/c1-10-25-21-37(25,27(42)15-13-20-48(46,47)40-18-11-12-19-40)39-30(44)26-22-36(34(8,9)35(36)16-14-17-35)24-41(26)31(45)29(33(5,6)7)38-28(43)23-32(2,3)4/h10,25-26,29H,1,11-24H2,2-9H3,(H,38,43)(H,39,44). The van der Waals surface area contributed by atoms with Gasteiger partial charge in [-0.3, -0.25) is 19.2 Å². The van der Waals surface area contributed by atoms with E-state index in [1.54, 1.807) is 11.0 Å². The number of amides is 3. The Morgan fingerprint density at radius 3 is 2.06 bits per heavy atom. The van der Waals surface area contributed by atoms with Gasteiger partial charge in [-0.2, -0.15) is 0 Å². The van der Waals surface area contributed by atoms with Crippen molar-refractivity contribution >= 4 is 33.5 Å². The Labute approximate surface area is 288 Å². The number of nitrogens with one attached hydrogen (secondary N) is 2. The third-order valence-electron chi connectivity index (χ3n) is 12.9. The monoisotopic (exact) mass is 688 g/mol. The smallest absolute Gasteiger partial charge is 0.246 e. The van der Waals surface area contributed by atoms with E-state index in [0.29, 0.717) is 32.5 Å². The fourth-order valence-electron chi connectivity index (χ4n) is 9.72. The van der Waals surface area contributed by atoms with Crippen LogP contribution in [0.3, 0.4) is 0 Å². The third kappa shape index (κ3) is 6.17. The summed E-state index contributed by atoms with van der Waals surface area (Å²) in [5, 5.41) is 6.14. The molecule has 0 aromatic carbocycles. The van der Waals surface area contributed by atoms with Crippen LogP contribution in [0, 0.1) is 33.0 Å². The molecule has 2 N–H and O–H groups in total. The molecule has 270 valence electrons. The Hall–Kier alpha value is -2.27. The molecule has 0 radical (unpaired) electrons. The van der Waals surface area contributed by atoms with Crippen molar-refractivity contribution in [1.82, 2.24) is 19.8 Å². The van der Waals surface area contributed by atoms with E-state index in [1.807, 2.05) is 41.5 Å². The fourth-order valence-corrected chi connectivity index (χ4v) is 11.3. The largest absolute Gasteiger partial charge is 0.344 e. The maximum absolute atomic E-state index is 14.6. The first-order chi connectivity index (χ1) is 22.1. The molecule has 5 rings (SSSR count). The minimum Gasteiger partial charge on any atom is -0.344 e. The van der Waals surface area contributed by atoms with Gasteiger partial charge in [0.1, 0.15) is 17.6 Å². The summed E-state index contributed by atoms with van der Waals surface area (Å²) in [7, 11) is -3.42. The third-order valence-corrected chi connectivity index (χ3v) is 14.9. The van der Waals surface area contributed by atoms with Crippen molar-refractivity contribution in [1.29, 1.82) is 0 Å². The Morgan fingerprint density at radius 1 is 0.958 bits per heavy atom. The lowest BCUT2D eigenvalue weighted by atomic mass is 9.73. The zero-order valence-corrected chi connectivity index (χ0v) is 31.5. The molecule has 2 aliphatic heterocycles. The van der Waals surface area contributed by atoms with Crippen LogP contribution < -0.4 is 10.6 Å². The van der Waals surface area contributed by atoms with Crippen molar-refractivity contribution < 1.29 is 27.6 Å². The Kier molecular flexibility index (Phi) is 9.40. The van der Waals surface area contributed by atoms with Crippen molar-refractivity contribution in [3.05, 3.63) is 12.7 Å². The zero-order valence-electron chi connectivity index (χ0n) is 30.7. The van der Waals surface area contributed by atoms with Crippen LogP contribution in [0.15, 0.2) is 12.7 Å². The second-order valence-electron chi connectivity index (χ2n) is 18.4. The molecule has 3 amide bonds. The minimum atomic E-state index is -3.42. The Balaban J connectivity index is 1.37. The average molecular weight is 689 g/mol. The quantitative estimate of drug-likeness (QED) is 0.289. The predicted molar refractivity (Wildman–Crippen MR) is 186 cm³/mol. The van der Waals surface area contributed by atoms with Gasteiger partial charge in [0.15, 0.2) is 5.78 Å². The highest BCUT2D eigenvalue weighted by atomic mass is 32.2. The van der Waals surface area contributed by atoms with Crippen molar-refractivity contribution in [3.8, 4) is 0 Å². The molecule has 5 unspecified atom stereocenters. The van der Waals surface area contributed by atoms with Gasteiger partial charge >= 0.3 is 0 Å². The molecule has 11 heteroatoms. The number of sulfonamides is 1. The molecule has 10 nitrogen and oxygen atoms in total. The number of nitrogens with zero attached hydrogens (tertiary/aromatic N) is 2. The number of likely N-dealkylation sites (tertiary alicyclic amines) is 1. The highest BCUT2D eigenvalue weighted by Gasteiger charge is 2.85. The Bertz CT molecular complexity index is 1450. The Morgan fingerprint density at radius 2 is 1.58 bits per heavy atom. The summed E-state index contributed by atoms with van der Waals surface area (Å²) >= 11 is 0. The van der Waals surface area contributed by atoms with Crippen molar-refractivity contribution in [3.63, 3.8) is 0 Å². The summed E-state index contributed by atoms with van der Waals surface area (Å²) < 4.78 is 27.1. The van der Waals surface area contributed by atoms with E-state index in [0.717, 1.165) is 32.1 Å². The van der Waals surface area contributed by atoms with E-state index in [2.05, 4.69) is 31.1 Å². The topological polar surface area (TPSA) is 133 Å². The molecule has 5 atom stereocenters. The first kappa shape index (κ1) is 37.0. The minimum absolute atomic E-state index is 0.0387. The van der Waals surface area contributed by atoms with Crippen molar-refractivity contribution in [2.45, 2.75) is 137 Å². The molecule has 2 spiro atoms. The SMILES string of the molecule is C=CC1CC1(NC(=O)C1CC2(CN1C(=O)C(NC(=O)CC(C)(C)C)C(C)(C)C)C(C)(C)C21CCC1)C(=O)CCCS(=O)(=O)N1CCCC1. The zero-order chi connectivity index (χ0) is 35.7. The normalized spacial score (nSPS) is 31.3. The lowest BCUT2D eigenvalue weighted by Crippen LogP contribution is -2.59. The number of rotatable bonds is 12. The van der Waals surface area contributed by atoms with Crippen LogP contribution in [0.5, 0.6) is 0 Å². The lowest BCUT2D eigenvalue weighted by molar-refractivity contribution is -0.144. The van der Waals surface area contributed by atoms with Crippen LogP contribution in [0.1, 0.15) is 120 Å². The van der Waals surface area contributed by atoms with Crippen LogP contribution in [-0.2, 0) is 29.2 Å². The summed E-state index contributed by atoms with van der Waals surface area (Å²) in [5.41, 5.74) is -2.18. The number of ketones is 1.